The lowest BCUT2D eigenvalue weighted by atomic mass is 8.56. The molecule has 13 radical (unpaired) electrons. The van der Waals surface area contributed by atoms with Crippen LogP contribution in [0.2, 0.25) is 0 Å². The number of benzene rings is 4. The van der Waals surface area contributed by atoms with E-state index in [1.165, 1.54) is 23.8 Å². The molecule has 0 fully saturated rings. The van der Waals surface area contributed by atoms with Crippen molar-refractivity contribution in [2.45, 2.75) is 31.5 Å². The van der Waals surface area contributed by atoms with Gasteiger partial charge in [0.25, 0.3) is 0 Å². The summed E-state index contributed by atoms with van der Waals surface area (Å²) in [6, 6.07) is 25.4. The predicted octanol–water partition coefficient (Wildman–Crippen LogP) is 2.97. The third-order valence-electron chi connectivity index (χ3n) is 10.3. The molecule has 1 N–H and O–H groups in total. The van der Waals surface area contributed by atoms with E-state index in [4.69, 9.17) is 65.4 Å². The van der Waals surface area contributed by atoms with E-state index in [9.17, 15) is 4.39 Å². The average molecular weight is 684 g/mol. The van der Waals surface area contributed by atoms with Crippen molar-refractivity contribution in [3.63, 3.8) is 0 Å². The second kappa shape index (κ2) is 17.1. The van der Waals surface area contributed by atoms with Gasteiger partial charge in [0.1, 0.15) is 23.9 Å². The molecule has 3 heterocycles. The fourth-order valence-corrected chi connectivity index (χ4v) is 7.51. The van der Waals surface area contributed by atoms with Crippen LogP contribution < -0.4 is 18.9 Å². The number of methoxy groups -OCH3 is 3. The minimum absolute atomic E-state index is 0.0448. The average Bonchev–Trinajstić information content (AvgIpc) is 3.53. The molecule has 4 aromatic carbocycles. The molecule has 0 saturated heterocycles. The Kier molecular flexibility index (Phi) is 12.6. The van der Waals surface area contributed by atoms with Gasteiger partial charge in [0, 0.05) is 108 Å². The SMILES string of the molecule is COc1ccc(COc2cc3c(cc2OC)CCN2C3Cc3c([nH]c4ccc(OC)cc34)C2c2ccc(F)cc2)cc1.[B][B]B([B])B(B([B])[B])B([B])[B]. The van der Waals surface area contributed by atoms with Crippen molar-refractivity contribution >= 4 is 89.9 Å². The summed E-state index contributed by atoms with van der Waals surface area (Å²) in [6.07, 6.45) is -0.441. The van der Waals surface area contributed by atoms with Gasteiger partial charge in [0.2, 0.25) is 0 Å². The number of nitrogens with one attached hydrogen (secondary N) is 1. The Bertz CT molecular complexity index is 2000. The highest BCUT2D eigenvalue weighted by atomic mass is 19.1. The molecule has 2 unspecified atom stereocenters. The Morgan fingerprint density at radius 3 is 2.11 bits per heavy atom. The number of rotatable bonds is 11. The molecular weight excluding hydrogens is 650 g/mol. The van der Waals surface area contributed by atoms with Gasteiger partial charge in [0.15, 0.2) is 11.5 Å². The largest absolute Gasteiger partial charge is 0.497 e. The van der Waals surface area contributed by atoms with Crippen LogP contribution in [0.4, 0.5) is 4.39 Å². The Balaban J connectivity index is 0.000000381. The maximum Gasteiger partial charge on any atom is 0.162 e. The lowest BCUT2D eigenvalue weighted by Gasteiger charge is -2.46. The highest BCUT2D eigenvalue weighted by Crippen LogP contribution is 2.50. The molecule has 0 bridgehead atoms. The van der Waals surface area contributed by atoms with E-state index in [0.29, 0.717) is 6.61 Å². The predicted molar refractivity (Wildman–Crippen MR) is 224 cm³/mol. The number of H-pyrrole nitrogens is 1. The van der Waals surface area contributed by atoms with Crippen LogP contribution in [0.15, 0.2) is 78.9 Å². The molecule has 2 aliphatic heterocycles. The van der Waals surface area contributed by atoms with Crippen LogP contribution in [0.25, 0.3) is 10.9 Å². The fourth-order valence-electron chi connectivity index (χ4n) is 7.51. The molecule has 18 heteroatoms. The first-order valence-corrected chi connectivity index (χ1v) is 17.6. The Morgan fingerprint density at radius 1 is 0.830 bits per heavy atom. The Morgan fingerprint density at radius 2 is 1.51 bits per heavy atom. The number of ether oxygens (including phenoxy) is 4. The van der Waals surface area contributed by atoms with Crippen LogP contribution in [-0.2, 0) is 19.4 Å². The molecule has 0 amide bonds. The molecule has 53 heavy (non-hydrogen) atoms. The van der Waals surface area contributed by atoms with Gasteiger partial charge in [-0.25, -0.2) is 4.39 Å². The lowest BCUT2D eigenvalue weighted by Crippen LogP contribution is -2.63. The van der Waals surface area contributed by atoms with Crippen molar-refractivity contribution < 1.29 is 23.3 Å². The van der Waals surface area contributed by atoms with E-state index in [2.05, 4.69) is 34.1 Å². The van der Waals surface area contributed by atoms with E-state index in [1.807, 2.05) is 42.5 Å². The molecule has 247 valence electrons. The van der Waals surface area contributed by atoms with Crippen LogP contribution in [0, 0.1) is 5.82 Å². The molecule has 1 aromatic heterocycles. The summed E-state index contributed by atoms with van der Waals surface area (Å²) in [5.41, 5.74) is 8.12. The fraction of sp³-hybridized carbons (Fsp3) is 0.257. The van der Waals surface area contributed by atoms with Crippen LogP contribution in [0.3, 0.4) is 0 Å². The number of nitrogens with zero attached hydrogens (tertiary/aromatic N) is 1. The molecule has 2 aliphatic rings. The van der Waals surface area contributed by atoms with E-state index < -0.39 is 19.2 Å². The van der Waals surface area contributed by atoms with E-state index >= 15 is 0 Å². The molecular formula is C35H33B11FN2O4. The molecule has 0 saturated carbocycles. The van der Waals surface area contributed by atoms with Crippen LogP contribution >= 0.6 is 0 Å². The normalized spacial score (nSPS) is 15.8. The smallest absolute Gasteiger partial charge is 0.162 e. The summed E-state index contributed by atoms with van der Waals surface area (Å²) in [5.74, 6) is 2.86. The first kappa shape index (κ1) is 38.9. The van der Waals surface area contributed by atoms with Gasteiger partial charge in [-0.2, -0.15) is 0 Å². The number of fused-ring (bicyclic) bond motifs is 6. The minimum Gasteiger partial charge on any atom is -0.497 e. The summed E-state index contributed by atoms with van der Waals surface area (Å²) in [6.45, 7) is 1.28. The first-order chi connectivity index (χ1) is 25.6. The van der Waals surface area contributed by atoms with Crippen LogP contribution in [0.5, 0.6) is 23.0 Å². The van der Waals surface area contributed by atoms with Gasteiger partial charge in [0.05, 0.1) is 27.4 Å². The van der Waals surface area contributed by atoms with Gasteiger partial charge < -0.3 is 23.9 Å². The number of aromatic amines is 1. The van der Waals surface area contributed by atoms with Gasteiger partial charge in [-0.1, -0.05) is 24.3 Å². The second-order valence-corrected chi connectivity index (χ2v) is 13.4. The third kappa shape index (κ3) is 8.33. The van der Waals surface area contributed by atoms with Crippen LogP contribution in [0.1, 0.15) is 45.6 Å². The monoisotopic (exact) mass is 685 g/mol. The number of hydrogen-bond acceptors (Lipinski definition) is 5. The quantitative estimate of drug-likeness (QED) is 0.217. The van der Waals surface area contributed by atoms with Crippen molar-refractivity contribution in [2.75, 3.05) is 27.9 Å². The van der Waals surface area contributed by atoms with Gasteiger partial charge in [-0.3, -0.25) is 4.90 Å². The summed E-state index contributed by atoms with van der Waals surface area (Å²) in [7, 11) is 38.5. The molecule has 6 nitrogen and oxygen atoms in total. The van der Waals surface area contributed by atoms with Gasteiger partial charge >= 0.3 is 0 Å². The molecule has 0 aliphatic carbocycles. The standard InChI is InChI=1S/C35H33FN2O4.B11/c1-39-25-10-4-21(5-11-25)20-42-33-19-27-23(16-32(33)41-3)14-15-38-31(27)18-29-28-17-26(40-2)12-13-30(28)37-34(29)35(38)22-6-8-24(36)9-7-22;1-7-10(6)11(8(2)3)9(4)5/h4-13,16-17,19,31,35,37H,14-15,18,20H2,1-3H3;. The minimum atomic E-state index is -0.648. The summed E-state index contributed by atoms with van der Waals surface area (Å²) in [4.78, 5) is 6.27. The van der Waals surface area contributed by atoms with E-state index in [-0.39, 0.29) is 24.3 Å². The van der Waals surface area contributed by atoms with Gasteiger partial charge in [-0.05, 0) is 95.3 Å². The summed E-state index contributed by atoms with van der Waals surface area (Å²) in [5, 5.41) is 1.16. The zero-order valence-corrected chi connectivity index (χ0v) is 30.3. The van der Waals surface area contributed by atoms with Crippen molar-refractivity contribution in [1.29, 1.82) is 0 Å². The maximum absolute atomic E-state index is 14.0. The lowest BCUT2D eigenvalue weighted by molar-refractivity contribution is 0.127. The third-order valence-corrected chi connectivity index (χ3v) is 10.3. The van der Waals surface area contributed by atoms with Crippen molar-refractivity contribution in [3.05, 3.63) is 118 Å². The number of halogens is 1. The van der Waals surface area contributed by atoms with Crippen molar-refractivity contribution in [3.8, 4) is 23.0 Å². The zero-order valence-electron chi connectivity index (χ0n) is 30.3. The van der Waals surface area contributed by atoms with E-state index in [1.54, 1.807) is 33.5 Å². The molecule has 0 spiro atoms. The highest BCUT2D eigenvalue weighted by molar-refractivity contribution is 8.01. The Labute approximate surface area is 322 Å². The molecule has 5 aromatic rings. The number of hydrogen-bond donors (Lipinski definition) is 1. The highest BCUT2D eigenvalue weighted by Gasteiger charge is 2.41. The second-order valence-electron chi connectivity index (χ2n) is 13.4. The first-order valence-electron chi connectivity index (χ1n) is 17.6. The summed E-state index contributed by atoms with van der Waals surface area (Å²) < 4.78 is 37.0. The van der Waals surface area contributed by atoms with Crippen molar-refractivity contribution in [1.82, 2.24) is 9.88 Å². The van der Waals surface area contributed by atoms with Crippen molar-refractivity contribution in [2.24, 2.45) is 0 Å². The number of aromatic nitrogens is 1. The topological polar surface area (TPSA) is 56.0 Å². The zero-order chi connectivity index (χ0) is 37.8. The molecule has 2 atom stereocenters. The Hall–Kier alpha value is -3.78. The summed E-state index contributed by atoms with van der Waals surface area (Å²) >= 11 is 0. The van der Waals surface area contributed by atoms with E-state index in [0.717, 1.165) is 70.1 Å². The maximum atomic E-state index is 14.0. The van der Waals surface area contributed by atoms with Gasteiger partial charge in [-0.15, -0.1) is 0 Å². The van der Waals surface area contributed by atoms with Crippen LogP contribution in [-0.4, -0.2) is 117 Å². The molecule has 7 rings (SSSR count).